The monoisotopic (exact) mass is 453 g/mol. The van der Waals surface area contributed by atoms with Gasteiger partial charge in [0.2, 0.25) is 5.95 Å². The lowest BCUT2D eigenvalue weighted by Gasteiger charge is -2.06. The predicted molar refractivity (Wildman–Crippen MR) is 125 cm³/mol. The zero-order valence-electron chi connectivity index (χ0n) is 17.5. The number of aromatic nitrogens is 2. The number of aromatic amines is 1. The first-order valence-electron chi connectivity index (χ1n) is 9.98. The lowest BCUT2D eigenvalue weighted by molar-refractivity contribution is 0.0696. The number of carboxylic acid groups (broad SMARTS) is 1. The van der Waals surface area contributed by atoms with Crippen LogP contribution in [-0.4, -0.2) is 27.3 Å². The molecule has 0 saturated heterocycles. The molecular formula is C25H16FN5O3. The van der Waals surface area contributed by atoms with Crippen molar-refractivity contribution >= 4 is 18.1 Å². The van der Waals surface area contributed by atoms with Gasteiger partial charge in [-0.1, -0.05) is 60.7 Å². The molecule has 0 fully saturated rings. The maximum Gasteiger partial charge on any atom is 0.335 e. The lowest BCUT2D eigenvalue weighted by Crippen LogP contribution is -2.16. The van der Waals surface area contributed by atoms with Crippen molar-refractivity contribution in [2.75, 3.05) is 5.43 Å². The summed E-state index contributed by atoms with van der Waals surface area (Å²) >= 11 is 0. The molecule has 0 atom stereocenters. The normalized spacial score (nSPS) is 10.7. The minimum absolute atomic E-state index is 0.0660. The minimum atomic E-state index is -1.20. The first-order chi connectivity index (χ1) is 16.5. The zero-order valence-corrected chi connectivity index (χ0v) is 17.5. The van der Waals surface area contributed by atoms with Crippen molar-refractivity contribution in [2.24, 2.45) is 5.10 Å². The van der Waals surface area contributed by atoms with Crippen molar-refractivity contribution in [3.05, 3.63) is 106 Å². The third-order valence-corrected chi connectivity index (χ3v) is 4.90. The van der Waals surface area contributed by atoms with Crippen molar-refractivity contribution in [1.82, 2.24) is 9.97 Å². The Morgan fingerprint density at radius 1 is 1.09 bits per heavy atom. The zero-order chi connectivity index (χ0) is 24.1. The summed E-state index contributed by atoms with van der Waals surface area (Å²) in [4.78, 5) is 30.0. The Balaban J connectivity index is 1.52. The van der Waals surface area contributed by atoms with E-state index in [1.165, 1.54) is 18.3 Å². The van der Waals surface area contributed by atoms with Gasteiger partial charge in [0.05, 0.1) is 17.5 Å². The van der Waals surface area contributed by atoms with Crippen molar-refractivity contribution in [3.8, 4) is 28.5 Å². The molecule has 0 amide bonds. The minimum Gasteiger partial charge on any atom is -0.478 e. The van der Waals surface area contributed by atoms with Crippen LogP contribution in [0.25, 0.3) is 22.4 Å². The van der Waals surface area contributed by atoms with E-state index >= 15 is 0 Å². The number of nitrogens with one attached hydrogen (secondary N) is 2. The van der Waals surface area contributed by atoms with Crippen LogP contribution in [0.1, 0.15) is 21.5 Å². The molecule has 1 heterocycles. The fourth-order valence-electron chi connectivity index (χ4n) is 3.23. The molecule has 166 valence electrons. The lowest BCUT2D eigenvalue weighted by atomic mass is 10.0. The van der Waals surface area contributed by atoms with Gasteiger partial charge in [-0.15, -0.1) is 0 Å². The Labute approximate surface area is 192 Å². The number of H-pyrrole nitrogens is 1. The summed E-state index contributed by atoms with van der Waals surface area (Å²) in [7, 11) is 0. The first-order valence-corrected chi connectivity index (χ1v) is 9.98. The van der Waals surface area contributed by atoms with E-state index in [9.17, 15) is 19.2 Å². The van der Waals surface area contributed by atoms with Crippen LogP contribution >= 0.6 is 0 Å². The van der Waals surface area contributed by atoms with Gasteiger partial charge in [0.15, 0.2) is 0 Å². The van der Waals surface area contributed by atoms with Gasteiger partial charge < -0.3 is 5.11 Å². The second-order valence-electron chi connectivity index (χ2n) is 7.11. The average molecular weight is 453 g/mol. The summed E-state index contributed by atoms with van der Waals surface area (Å²) in [5.74, 6) is -1.76. The third-order valence-electron chi connectivity index (χ3n) is 4.90. The van der Waals surface area contributed by atoms with E-state index in [0.717, 1.165) is 6.07 Å². The molecule has 0 aliphatic carbocycles. The number of carbonyl (C=O) groups is 1. The number of rotatable bonds is 6. The molecule has 0 aliphatic heterocycles. The number of nitriles is 1. The highest BCUT2D eigenvalue weighted by atomic mass is 19.1. The molecule has 8 nitrogen and oxygen atoms in total. The molecule has 9 heteroatoms. The van der Waals surface area contributed by atoms with Crippen LogP contribution in [-0.2, 0) is 0 Å². The maximum atomic E-state index is 14.3. The number of hydrogen-bond donors (Lipinski definition) is 3. The third kappa shape index (κ3) is 4.71. The van der Waals surface area contributed by atoms with Crippen molar-refractivity contribution in [1.29, 1.82) is 5.26 Å². The van der Waals surface area contributed by atoms with Gasteiger partial charge in [0, 0.05) is 11.1 Å². The smallest absolute Gasteiger partial charge is 0.335 e. The van der Waals surface area contributed by atoms with Gasteiger partial charge in [-0.05, 0) is 23.3 Å². The van der Waals surface area contributed by atoms with Gasteiger partial charge in [-0.3, -0.25) is 9.78 Å². The number of anilines is 1. The average Bonchev–Trinajstić information content (AvgIpc) is 2.84. The number of hydrogen-bond acceptors (Lipinski definition) is 6. The number of hydrazone groups is 1. The van der Waals surface area contributed by atoms with Gasteiger partial charge in [-0.2, -0.15) is 10.4 Å². The number of carboxylic acids is 1. The summed E-state index contributed by atoms with van der Waals surface area (Å²) < 4.78 is 14.3. The Bertz CT molecular complexity index is 1490. The van der Waals surface area contributed by atoms with Crippen LogP contribution in [0.4, 0.5) is 10.3 Å². The van der Waals surface area contributed by atoms with E-state index in [0.29, 0.717) is 16.7 Å². The SMILES string of the molecule is N#Cc1c(-c2ccccc2)nc(NN=Cc2ccc(-c3ccc(C(=O)O)cc3F)cc2)[nH]c1=O. The van der Waals surface area contributed by atoms with E-state index in [1.54, 1.807) is 48.5 Å². The Hall–Kier alpha value is -5.10. The molecule has 4 rings (SSSR count). The maximum absolute atomic E-state index is 14.3. The number of nitrogens with zero attached hydrogens (tertiary/aromatic N) is 3. The summed E-state index contributed by atoms with van der Waals surface area (Å²) in [6.45, 7) is 0. The summed E-state index contributed by atoms with van der Waals surface area (Å²) in [5, 5.41) is 22.4. The highest BCUT2D eigenvalue weighted by Crippen LogP contribution is 2.24. The van der Waals surface area contributed by atoms with Crippen LogP contribution in [0.3, 0.4) is 0 Å². The highest BCUT2D eigenvalue weighted by molar-refractivity contribution is 5.88. The van der Waals surface area contributed by atoms with E-state index in [1.807, 2.05) is 12.1 Å². The first kappa shape index (κ1) is 22.1. The van der Waals surface area contributed by atoms with E-state index in [-0.39, 0.29) is 28.3 Å². The van der Waals surface area contributed by atoms with Crippen LogP contribution in [0.15, 0.2) is 82.7 Å². The fraction of sp³-hybridized carbons (Fsp3) is 0. The topological polar surface area (TPSA) is 131 Å². The second kappa shape index (κ2) is 9.58. The molecule has 4 aromatic rings. The Morgan fingerprint density at radius 3 is 2.47 bits per heavy atom. The molecule has 0 spiro atoms. The molecule has 1 aromatic heterocycles. The highest BCUT2D eigenvalue weighted by Gasteiger charge is 2.13. The van der Waals surface area contributed by atoms with Crippen molar-refractivity contribution in [3.63, 3.8) is 0 Å². The summed E-state index contributed by atoms with van der Waals surface area (Å²) in [5.41, 5.74) is 4.23. The number of halogens is 1. The molecular weight excluding hydrogens is 437 g/mol. The van der Waals surface area contributed by atoms with Gasteiger partial charge in [-0.25, -0.2) is 19.6 Å². The molecule has 3 N–H and O–H groups in total. The Kier molecular flexibility index (Phi) is 6.23. The second-order valence-corrected chi connectivity index (χ2v) is 7.11. The van der Waals surface area contributed by atoms with Crippen LogP contribution in [0.5, 0.6) is 0 Å². The standard InChI is InChI=1S/C25H16FN5O3/c26-21-12-18(24(33)34)10-11-19(21)16-8-6-15(7-9-16)14-28-31-25-29-22(17-4-2-1-3-5-17)20(13-27)23(32)30-25/h1-12,14H,(H,33,34)(H2,29,30,31,32). The number of benzene rings is 3. The largest absolute Gasteiger partial charge is 0.478 e. The van der Waals surface area contributed by atoms with Crippen molar-refractivity contribution in [2.45, 2.75) is 0 Å². The number of aromatic carboxylic acids is 1. The van der Waals surface area contributed by atoms with Crippen LogP contribution < -0.4 is 11.0 Å². The van der Waals surface area contributed by atoms with Crippen LogP contribution in [0.2, 0.25) is 0 Å². The van der Waals surface area contributed by atoms with Crippen molar-refractivity contribution < 1.29 is 14.3 Å². The molecule has 0 aliphatic rings. The van der Waals surface area contributed by atoms with E-state index in [4.69, 9.17) is 5.11 Å². The molecule has 0 radical (unpaired) electrons. The summed E-state index contributed by atoms with van der Waals surface area (Å²) in [6, 6.07) is 21.2. The molecule has 0 unspecified atom stereocenters. The van der Waals surface area contributed by atoms with Gasteiger partial charge >= 0.3 is 5.97 Å². The van der Waals surface area contributed by atoms with E-state index in [2.05, 4.69) is 20.5 Å². The summed E-state index contributed by atoms with van der Waals surface area (Å²) in [6.07, 6.45) is 1.48. The Morgan fingerprint density at radius 2 is 1.82 bits per heavy atom. The molecule has 0 bridgehead atoms. The van der Waals surface area contributed by atoms with E-state index < -0.39 is 17.3 Å². The molecule has 3 aromatic carbocycles. The fourth-order valence-corrected chi connectivity index (χ4v) is 3.23. The molecule has 34 heavy (non-hydrogen) atoms. The molecule has 0 saturated carbocycles. The predicted octanol–water partition coefficient (Wildman–Crippen LogP) is 4.26. The quantitative estimate of drug-likeness (QED) is 0.295. The van der Waals surface area contributed by atoms with Gasteiger partial charge in [0.25, 0.3) is 5.56 Å². The van der Waals surface area contributed by atoms with Gasteiger partial charge in [0.1, 0.15) is 17.4 Å². The van der Waals surface area contributed by atoms with Crippen LogP contribution in [0, 0.1) is 17.1 Å².